The third-order valence-electron chi connectivity index (χ3n) is 3.05. The number of hydrogen-bond acceptors (Lipinski definition) is 8. The Morgan fingerprint density at radius 2 is 2.24 bits per heavy atom. The van der Waals surface area contributed by atoms with Crippen molar-refractivity contribution >= 4 is 17.7 Å². The van der Waals surface area contributed by atoms with Gasteiger partial charge in [-0.3, -0.25) is 9.69 Å². The van der Waals surface area contributed by atoms with Crippen molar-refractivity contribution in [3.63, 3.8) is 0 Å². The first-order valence-corrected chi connectivity index (χ1v) is 6.18. The van der Waals surface area contributed by atoms with Crippen LogP contribution in [0.25, 0.3) is 0 Å². The van der Waals surface area contributed by atoms with Crippen LogP contribution in [0.15, 0.2) is 23.1 Å². The summed E-state index contributed by atoms with van der Waals surface area (Å²) in [6, 6.07) is 0. The normalized spacial score (nSPS) is 31.9. The number of nitrogens with one attached hydrogen (secondary N) is 1. The number of rotatable bonds is 2. The molecule has 1 saturated heterocycles. The van der Waals surface area contributed by atoms with Gasteiger partial charge in [0.05, 0.1) is 6.61 Å². The Balaban J connectivity index is 2.19. The first kappa shape index (κ1) is 15.4. The highest BCUT2D eigenvalue weighted by Crippen LogP contribution is 2.27. The lowest BCUT2D eigenvalue weighted by atomic mass is 10.1. The second-order valence-electron chi connectivity index (χ2n) is 4.56. The number of aliphatic imine (C=N–C) groups is 1. The van der Waals surface area contributed by atoms with E-state index in [1.54, 1.807) is 5.94 Å². The maximum atomic E-state index is 11.0. The summed E-state index contributed by atoms with van der Waals surface area (Å²) in [4.78, 5) is 27.0. The Labute approximate surface area is 119 Å². The highest BCUT2D eigenvalue weighted by Gasteiger charge is 2.46. The summed E-state index contributed by atoms with van der Waals surface area (Å²) in [6.07, 6.45) is -1.93. The van der Waals surface area contributed by atoms with E-state index in [-0.39, 0.29) is 17.6 Å². The SMILES string of the molecule is CC(=O)NC1=NC(=C=O)N([C@@H]2O[C@H](CO)[C@@H](O)[C@H]2O)C=C1. The predicted molar refractivity (Wildman–Crippen MR) is 69.2 cm³/mol. The number of nitrogens with zero attached hydrogens (tertiary/aromatic N) is 2. The van der Waals surface area contributed by atoms with E-state index in [1.807, 2.05) is 0 Å². The molecule has 4 atom stereocenters. The molecule has 2 rings (SSSR count). The van der Waals surface area contributed by atoms with Gasteiger partial charge in [-0.15, -0.1) is 0 Å². The van der Waals surface area contributed by atoms with Gasteiger partial charge in [-0.2, -0.15) is 0 Å². The molecule has 0 aromatic rings. The fraction of sp³-hybridized carbons (Fsp3) is 0.500. The van der Waals surface area contributed by atoms with Crippen molar-refractivity contribution in [3.05, 3.63) is 18.1 Å². The molecule has 1 fully saturated rings. The molecule has 0 aromatic heterocycles. The fourth-order valence-electron chi connectivity index (χ4n) is 2.07. The standard InChI is InChI=1S/C12H15N3O6/c1-6(18)13-8-2-3-15(9(5-17)14-8)12-11(20)10(19)7(4-16)21-12/h2-3,7,10-12,16,19-20H,4H2,1H3,(H,13,14,18)/t7-,10-,11-,12-/m1/s1. The average Bonchev–Trinajstić information content (AvgIpc) is 2.74. The summed E-state index contributed by atoms with van der Waals surface area (Å²) in [5.74, 6) is 1.13. The topological polar surface area (TPSA) is 132 Å². The van der Waals surface area contributed by atoms with Gasteiger partial charge in [0.2, 0.25) is 11.7 Å². The van der Waals surface area contributed by atoms with Gasteiger partial charge in [-0.05, 0) is 6.08 Å². The number of hydrogen-bond donors (Lipinski definition) is 4. The molecule has 0 bridgehead atoms. The van der Waals surface area contributed by atoms with Crippen molar-refractivity contribution in [2.45, 2.75) is 31.5 Å². The molecule has 21 heavy (non-hydrogen) atoms. The molecular formula is C12H15N3O6. The van der Waals surface area contributed by atoms with Gasteiger partial charge < -0.3 is 25.4 Å². The number of aliphatic hydroxyl groups excluding tert-OH is 3. The lowest BCUT2D eigenvalue weighted by Gasteiger charge is -2.29. The van der Waals surface area contributed by atoms with Gasteiger partial charge >= 0.3 is 0 Å². The number of amides is 1. The van der Waals surface area contributed by atoms with Crippen LogP contribution in [0, 0.1) is 0 Å². The van der Waals surface area contributed by atoms with Gasteiger partial charge in [-0.1, -0.05) is 0 Å². The number of carbonyl (C=O) groups is 1. The predicted octanol–water partition coefficient (Wildman–Crippen LogP) is -2.54. The summed E-state index contributed by atoms with van der Waals surface area (Å²) in [5.41, 5.74) is 0. The molecule has 2 heterocycles. The molecule has 0 aliphatic carbocycles. The molecule has 0 radical (unpaired) electrons. The molecule has 2 aliphatic rings. The Hall–Kier alpha value is -2.03. The fourth-order valence-corrected chi connectivity index (χ4v) is 2.07. The van der Waals surface area contributed by atoms with E-state index < -0.39 is 31.1 Å². The molecule has 2 aliphatic heterocycles. The Kier molecular flexibility index (Phi) is 4.51. The van der Waals surface area contributed by atoms with Crippen LogP contribution in [-0.4, -0.2) is 69.1 Å². The third-order valence-corrected chi connectivity index (χ3v) is 3.05. The van der Waals surface area contributed by atoms with Crippen molar-refractivity contribution in [2.75, 3.05) is 6.61 Å². The molecule has 4 N–H and O–H groups in total. The first-order chi connectivity index (χ1) is 9.97. The van der Waals surface area contributed by atoms with Gasteiger partial charge in [0.25, 0.3) is 0 Å². The highest BCUT2D eigenvalue weighted by atomic mass is 16.6. The van der Waals surface area contributed by atoms with Gasteiger partial charge in [0.1, 0.15) is 24.1 Å². The third kappa shape index (κ3) is 3.02. The molecule has 0 spiro atoms. The van der Waals surface area contributed by atoms with Crippen LogP contribution in [0.2, 0.25) is 0 Å². The van der Waals surface area contributed by atoms with Gasteiger partial charge in [-0.25, -0.2) is 9.79 Å². The summed E-state index contributed by atoms with van der Waals surface area (Å²) >= 11 is 0. The van der Waals surface area contributed by atoms with Crippen LogP contribution in [0.4, 0.5) is 0 Å². The summed E-state index contributed by atoms with van der Waals surface area (Å²) in [7, 11) is 0. The smallest absolute Gasteiger partial charge is 0.223 e. The molecule has 1 amide bonds. The lowest BCUT2D eigenvalue weighted by Crippen LogP contribution is -2.43. The van der Waals surface area contributed by atoms with E-state index in [2.05, 4.69) is 10.3 Å². The van der Waals surface area contributed by atoms with Gasteiger partial charge in [0, 0.05) is 13.1 Å². The Morgan fingerprint density at radius 1 is 1.52 bits per heavy atom. The average molecular weight is 297 g/mol. The van der Waals surface area contributed by atoms with Crippen LogP contribution in [0.3, 0.4) is 0 Å². The van der Waals surface area contributed by atoms with Crippen molar-refractivity contribution in [2.24, 2.45) is 4.99 Å². The van der Waals surface area contributed by atoms with E-state index in [9.17, 15) is 19.8 Å². The zero-order valence-electron chi connectivity index (χ0n) is 11.1. The van der Waals surface area contributed by atoms with Crippen molar-refractivity contribution in [1.82, 2.24) is 10.2 Å². The number of amidine groups is 1. The summed E-state index contributed by atoms with van der Waals surface area (Å²) < 4.78 is 5.29. The number of carbonyl (C=O) groups excluding carboxylic acids is 2. The first-order valence-electron chi connectivity index (χ1n) is 6.18. The lowest BCUT2D eigenvalue weighted by molar-refractivity contribution is -0.117. The second-order valence-corrected chi connectivity index (χ2v) is 4.56. The minimum Gasteiger partial charge on any atom is -0.394 e. The quantitative estimate of drug-likeness (QED) is 0.413. The van der Waals surface area contributed by atoms with Crippen LogP contribution >= 0.6 is 0 Å². The second kappa shape index (κ2) is 6.17. The maximum absolute atomic E-state index is 11.0. The van der Waals surface area contributed by atoms with Crippen molar-refractivity contribution < 1.29 is 29.6 Å². The largest absolute Gasteiger partial charge is 0.394 e. The molecule has 9 nitrogen and oxygen atoms in total. The molecule has 9 heteroatoms. The molecule has 0 aromatic carbocycles. The van der Waals surface area contributed by atoms with Gasteiger partial charge in [0.15, 0.2) is 12.2 Å². The highest BCUT2D eigenvalue weighted by molar-refractivity contribution is 6.04. The maximum Gasteiger partial charge on any atom is 0.223 e. The van der Waals surface area contributed by atoms with E-state index >= 15 is 0 Å². The van der Waals surface area contributed by atoms with Crippen molar-refractivity contribution in [3.8, 4) is 0 Å². The monoisotopic (exact) mass is 297 g/mol. The van der Waals surface area contributed by atoms with E-state index in [4.69, 9.17) is 9.84 Å². The zero-order chi connectivity index (χ0) is 15.6. The Bertz CT molecular complexity index is 539. The summed E-state index contributed by atoms with van der Waals surface area (Å²) in [5, 5.41) is 31.1. The molecule has 0 saturated carbocycles. The van der Waals surface area contributed by atoms with Crippen LogP contribution in [0.1, 0.15) is 6.92 Å². The van der Waals surface area contributed by atoms with Crippen LogP contribution in [0.5, 0.6) is 0 Å². The Morgan fingerprint density at radius 3 is 2.76 bits per heavy atom. The van der Waals surface area contributed by atoms with Crippen molar-refractivity contribution in [1.29, 1.82) is 0 Å². The minimum absolute atomic E-state index is 0.142. The number of aliphatic hydroxyl groups is 3. The molecule has 0 unspecified atom stereocenters. The molecule has 114 valence electrons. The summed E-state index contributed by atoms with van der Waals surface area (Å²) in [6.45, 7) is 0.811. The van der Waals surface area contributed by atoms with E-state index in [0.29, 0.717) is 0 Å². The van der Waals surface area contributed by atoms with E-state index in [1.165, 1.54) is 24.1 Å². The van der Waals surface area contributed by atoms with E-state index in [0.717, 1.165) is 0 Å². The zero-order valence-corrected chi connectivity index (χ0v) is 11.1. The van der Waals surface area contributed by atoms with Crippen LogP contribution in [-0.2, 0) is 14.3 Å². The molecular weight excluding hydrogens is 282 g/mol. The van der Waals surface area contributed by atoms with Crippen LogP contribution < -0.4 is 5.32 Å². The minimum atomic E-state index is -1.34. The number of ether oxygens (including phenoxy) is 1.